The number of carbonyl (C=O) groups is 4. The van der Waals surface area contributed by atoms with Gasteiger partial charge in [0.05, 0.1) is 34.6 Å². The van der Waals surface area contributed by atoms with Crippen molar-refractivity contribution in [3.63, 3.8) is 0 Å². The number of halogens is 2. The molecule has 0 bridgehead atoms. The third-order valence-electron chi connectivity index (χ3n) is 15.2. The number of carbonyl (C=O) groups excluding carboxylic acids is 4. The lowest BCUT2D eigenvalue weighted by Crippen LogP contribution is -2.73. The van der Waals surface area contributed by atoms with Crippen molar-refractivity contribution in [2.75, 3.05) is 106 Å². The maximum absolute atomic E-state index is 15.4. The molecule has 5 aromatic rings. The molecule has 72 heavy (non-hydrogen) atoms. The van der Waals surface area contributed by atoms with Crippen LogP contribution >= 0.6 is 0 Å². The maximum Gasteiger partial charge on any atom is 0.410 e. The average molecular weight is 992 g/mol. The van der Waals surface area contributed by atoms with E-state index >= 15 is 8.78 Å². The quantitative estimate of drug-likeness (QED) is 0.178. The number of benzene rings is 1. The highest BCUT2D eigenvalue weighted by Crippen LogP contribution is 2.48. The molecule has 4 aromatic heterocycles. The van der Waals surface area contributed by atoms with E-state index in [1.54, 1.807) is 34.1 Å². The van der Waals surface area contributed by atoms with E-state index in [0.717, 1.165) is 56.8 Å². The lowest BCUT2D eigenvalue weighted by Gasteiger charge is -2.60. The summed E-state index contributed by atoms with van der Waals surface area (Å²) in [4.78, 5) is 79.6. The van der Waals surface area contributed by atoms with Crippen molar-refractivity contribution in [1.82, 2.24) is 54.9 Å². The number of likely N-dealkylation sites (tertiary alicyclic amines) is 2. The lowest BCUT2D eigenvalue weighted by atomic mass is 9.73. The second-order valence-corrected chi connectivity index (χ2v) is 21.4. The lowest BCUT2D eigenvalue weighted by molar-refractivity contribution is -0.137. The molecule has 4 amide bonds. The molecule has 1 atom stereocenters. The molecule has 9 heterocycles. The Morgan fingerprint density at radius 2 is 1.58 bits per heavy atom. The fourth-order valence-electron chi connectivity index (χ4n) is 11.0. The van der Waals surface area contributed by atoms with Crippen molar-refractivity contribution in [3.8, 4) is 22.8 Å². The number of hydrogen-bond donors (Lipinski definition) is 2. The summed E-state index contributed by atoms with van der Waals surface area (Å²) in [6.07, 6.45) is 8.55. The molecule has 5 aliphatic heterocycles. The standard InChI is InChI=1S/C49H59F2N15O6/c1-48(2,3)66-45-38(43(52)55-27-56-45)39(58-66)40-37(42(72-59-40)29-5-6-29)44-53-19-31(20-54-44)64-23-49(24-64)25-65(26-49)47(70)71-22-36(68)62-11-9-28(10-12-62)21-61-13-15-63(16-14-61)41-32(50)17-30(18-33(41)51)60(4)34-7-8-35(67)57-46(34)69/h17-20,27-29,34H,5-16,21-26H2,1-4H3,(H2,52,55,56)(H,57,67,69). The van der Waals surface area contributed by atoms with Crippen LogP contribution in [-0.4, -0.2) is 165 Å². The van der Waals surface area contributed by atoms with E-state index in [-0.39, 0.29) is 54.0 Å². The number of nitrogen functional groups attached to an aromatic ring is 1. The molecule has 1 aromatic carbocycles. The summed E-state index contributed by atoms with van der Waals surface area (Å²) < 4.78 is 44.2. The fraction of sp³-hybridized carbons (Fsp3) is 0.551. The van der Waals surface area contributed by atoms with Crippen LogP contribution in [0.3, 0.4) is 0 Å². The highest BCUT2D eigenvalue weighted by molar-refractivity contribution is 6.02. The van der Waals surface area contributed by atoms with Crippen molar-refractivity contribution in [2.45, 2.75) is 76.8 Å². The summed E-state index contributed by atoms with van der Waals surface area (Å²) >= 11 is 0. The molecule has 11 rings (SSSR count). The van der Waals surface area contributed by atoms with Crippen molar-refractivity contribution in [3.05, 3.63) is 48.2 Å². The Morgan fingerprint density at radius 1 is 0.889 bits per heavy atom. The van der Waals surface area contributed by atoms with Crippen LogP contribution in [0.1, 0.15) is 71.0 Å². The first-order valence-corrected chi connectivity index (χ1v) is 24.8. The zero-order chi connectivity index (χ0) is 50.2. The summed E-state index contributed by atoms with van der Waals surface area (Å²) in [5.74, 6) is -0.371. The summed E-state index contributed by atoms with van der Waals surface area (Å²) in [5.41, 5.74) is 9.25. The van der Waals surface area contributed by atoms with Crippen LogP contribution in [0.5, 0.6) is 0 Å². The Balaban J connectivity index is 0.615. The first-order valence-electron chi connectivity index (χ1n) is 24.8. The largest absolute Gasteiger partial charge is 0.439 e. The molecule has 6 fully saturated rings. The van der Waals surface area contributed by atoms with Gasteiger partial charge >= 0.3 is 6.09 Å². The molecule has 1 saturated carbocycles. The minimum Gasteiger partial charge on any atom is -0.439 e. The number of aromatic nitrogens is 7. The van der Waals surface area contributed by atoms with Gasteiger partial charge in [-0.2, -0.15) is 5.10 Å². The summed E-state index contributed by atoms with van der Waals surface area (Å²) in [6.45, 7) is 12.4. The molecular weight excluding hydrogens is 933 g/mol. The molecule has 1 spiro atoms. The molecule has 5 saturated heterocycles. The van der Waals surface area contributed by atoms with Crippen LogP contribution in [0, 0.1) is 23.0 Å². The van der Waals surface area contributed by atoms with E-state index in [9.17, 15) is 19.2 Å². The predicted molar refractivity (Wildman–Crippen MR) is 260 cm³/mol. The van der Waals surface area contributed by atoms with Crippen molar-refractivity contribution in [2.24, 2.45) is 11.3 Å². The van der Waals surface area contributed by atoms with Gasteiger partial charge in [0.1, 0.15) is 35.3 Å². The summed E-state index contributed by atoms with van der Waals surface area (Å²) in [5, 5.41) is 12.3. The van der Waals surface area contributed by atoms with Gasteiger partial charge in [0.15, 0.2) is 35.5 Å². The molecule has 1 aliphatic carbocycles. The van der Waals surface area contributed by atoms with Crippen molar-refractivity contribution < 1.29 is 37.2 Å². The minimum absolute atomic E-state index is 0.0674. The van der Waals surface area contributed by atoms with Crippen LogP contribution in [0.25, 0.3) is 33.8 Å². The van der Waals surface area contributed by atoms with E-state index < -0.39 is 35.2 Å². The normalized spacial score (nSPS) is 20.7. The molecule has 380 valence electrons. The Hall–Kier alpha value is -7.04. The number of nitrogens with two attached hydrogens (primary N) is 1. The van der Waals surface area contributed by atoms with Gasteiger partial charge in [-0.25, -0.2) is 38.2 Å². The predicted octanol–water partition coefficient (Wildman–Crippen LogP) is 3.99. The smallest absolute Gasteiger partial charge is 0.410 e. The SMILES string of the molecule is CN(c1cc(F)c(N2CCN(CC3CCN(C(=O)COC(=O)N4CC5(C4)CN(c4cnc(-c6c(-c7nn(C(C)(C)C)c8ncnc(N)c78)noc6C6CC6)nc4)C5)CC3)CC2)c(F)c1)C1CCC(=O)NC1=O. The fourth-order valence-corrected chi connectivity index (χ4v) is 11.0. The molecular formula is C49H59F2N15O6. The van der Waals surface area contributed by atoms with Gasteiger partial charge in [0, 0.05) is 102 Å². The third-order valence-corrected chi connectivity index (χ3v) is 15.2. The molecule has 21 nitrogen and oxygen atoms in total. The Kier molecular flexibility index (Phi) is 12.0. The molecule has 6 aliphatic rings. The number of piperazine rings is 1. The van der Waals surface area contributed by atoms with Crippen molar-refractivity contribution in [1.29, 1.82) is 0 Å². The second-order valence-electron chi connectivity index (χ2n) is 21.4. The Morgan fingerprint density at radius 3 is 2.24 bits per heavy atom. The maximum atomic E-state index is 15.4. The number of anilines is 4. The van der Waals surface area contributed by atoms with Gasteiger partial charge in [-0.3, -0.25) is 24.6 Å². The van der Waals surface area contributed by atoms with Crippen molar-refractivity contribution >= 4 is 57.7 Å². The number of likely N-dealkylation sites (N-methyl/N-ethyl adjacent to an activating group) is 1. The van der Waals surface area contributed by atoms with Crippen LogP contribution < -0.4 is 25.8 Å². The summed E-state index contributed by atoms with van der Waals surface area (Å²) in [7, 11) is 1.59. The van der Waals surface area contributed by atoms with E-state index in [0.29, 0.717) is 97.9 Å². The summed E-state index contributed by atoms with van der Waals surface area (Å²) in [6, 6.07) is 1.79. The van der Waals surface area contributed by atoms with Gasteiger partial charge in [0.2, 0.25) is 11.8 Å². The molecule has 23 heteroatoms. The first-order chi connectivity index (χ1) is 34.5. The Labute approximate surface area is 414 Å². The number of piperidine rings is 2. The van der Waals surface area contributed by atoms with Crippen LogP contribution in [-0.2, 0) is 24.7 Å². The second kappa shape index (κ2) is 18.2. The number of nitrogens with one attached hydrogen (secondary N) is 1. The number of amides is 4. The number of ether oxygens (including phenoxy) is 1. The number of rotatable bonds is 11. The van der Waals surface area contributed by atoms with Crippen LogP contribution in [0.2, 0.25) is 0 Å². The van der Waals surface area contributed by atoms with Gasteiger partial charge in [-0.1, -0.05) is 5.16 Å². The molecule has 3 N–H and O–H groups in total. The van der Waals surface area contributed by atoms with E-state index in [4.69, 9.17) is 30.1 Å². The zero-order valence-corrected chi connectivity index (χ0v) is 40.9. The van der Waals surface area contributed by atoms with Gasteiger partial charge in [-0.15, -0.1) is 0 Å². The van der Waals surface area contributed by atoms with Gasteiger partial charge < -0.3 is 39.5 Å². The van der Waals surface area contributed by atoms with E-state index in [2.05, 4.69) is 30.2 Å². The first kappa shape index (κ1) is 47.3. The van der Waals surface area contributed by atoms with E-state index in [1.165, 1.54) is 23.4 Å². The minimum atomic E-state index is -0.698. The molecule has 1 unspecified atom stereocenters. The van der Waals surface area contributed by atoms with Gasteiger partial charge in [-0.05, 0) is 70.9 Å². The number of imide groups is 1. The highest BCUT2D eigenvalue weighted by atomic mass is 19.1. The average Bonchev–Trinajstić information content (AvgIpc) is 3.94. The third kappa shape index (κ3) is 8.88. The molecule has 0 radical (unpaired) electrons. The number of fused-ring (bicyclic) bond motifs is 1. The van der Waals surface area contributed by atoms with Gasteiger partial charge in [0.25, 0.3) is 5.91 Å². The number of nitrogens with zero attached hydrogens (tertiary/aromatic N) is 13. The van der Waals surface area contributed by atoms with E-state index in [1.807, 2.05) is 25.5 Å². The topological polar surface area (TPSA) is 230 Å². The monoisotopic (exact) mass is 991 g/mol. The highest BCUT2D eigenvalue weighted by Gasteiger charge is 2.54. The zero-order valence-electron chi connectivity index (χ0n) is 40.9. The van der Waals surface area contributed by atoms with Crippen LogP contribution in [0.4, 0.5) is 36.5 Å². The number of hydrogen-bond acceptors (Lipinski definition) is 17. The Bertz CT molecular complexity index is 2900. The van der Waals surface area contributed by atoms with Crippen LogP contribution in [0.15, 0.2) is 35.4 Å².